The molecule has 0 amide bonds. The summed E-state index contributed by atoms with van der Waals surface area (Å²) in [7, 11) is 0. The van der Waals surface area contributed by atoms with Crippen LogP contribution >= 0.6 is 0 Å². The number of nitrogens with two attached hydrogens (primary N) is 1. The van der Waals surface area contributed by atoms with Crippen molar-refractivity contribution in [3.05, 3.63) is 47.0 Å². The Labute approximate surface area is 142 Å². The predicted octanol–water partition coefficient (Wildman–Crippen LogP) is 4.76. The van der Waals surface area contributed by atoms with Gasteiger partial charge in [0.2, 0.25) is 0 Å². The highest BCUT2D eigenvalue weighted by atomic mass is 16.5. The van der Waals surface area contributed by atoms with Crippen molar-refractivity contribution in [1.82, 2.24) is 0 Å². The molecule has 1 aromatic rings. The van der Waals surface area contributed by atoms with Crippen molar-refractivity contribution in [2.75, 3.05) is 13.2 Å². The average Bonchev–Trinajstić information content (AvgIpc) is 2.59. The van der Waals surface area contributed by atoms with Crippen molar-refractivity contribution in [2.45, 2.75) is 70.8 Å². The van der Waals surface area contributed by atoms with Gasteiger partial charge in [-0.3, -0.25) is 0 Å². The van der Waals surface area contributed by atoms with Crippen molar-refractivity contribution in [2.24, 2.45) is 5.73 Å². The van der Waals surface area contributed by atoms with Crippen LogP contribution in [0.3, 0.4) is 0 Å². The molecule has 2 heteroatoms. The van der Waals surface area contributed by atoms with Gasteiger partial charge < -0.3 is 10.5 Å². The Hall–Kier alpha value is -1.12. The number of ether oxygens (including phenoxy) is 1. The molecular weight excluding hydrogens is 282 g/mol. The summed E-state index contributed by atoms with van der Waals surface area (Å²) < 4.78 is 6.02. The lowest BCUT2D eigenvalue weighted by molar-refractivity contribution is 0.0641. The second-order valence-electron chi connectivity index (χ2n) is 6.71. The van der Waals surface area contributed by atoms with Crippen LogP contribution in [-0.2, 0) is 17.6 Å². The molecule has 0 fully saturated rings. The molecule has 0 saturated carbocycles. The van der Waals surface area contributed by atoms with Gasteiger partial charge in [-0.15, -0.1) is 0 Å². The average molecular weight is 316 g/mol. The van der Waals surface area contributed by atoms with Gasteiger partial charge >= 0.3 is 0 Å². The number of unbranched alkanes of at least 4 members (excludes halogenated alkanes) is 1. The zero-order chi connectivity index (χ0) is 16.5. The van der Waals surface area contributed by atoms with E-state index >= 15 is 0 Å². The first-order valence-electron chi connectivity index (χ1n) is 9.36. The number of aryl methyl sites for hydroxylation is 1. The lowest BCUT2D eigenvalue weighted by Crippen LogP contribution is -2.23. The fourth-order valence-corrected chi connectivity index (χ4v) is 3.45. The van der Waals surface area contributed by atoms with E-state index in [-0.39, 0.29) is 0 Å². The van der Waals surface area contributed by atoms with E-state index < -0.39 is 0 Å². The molecule has 0 saturated heterocycles. The van der Waals surface area contributed by atoms with Crippen LogP contribution < -0.4 is 5.73 Å². The van der Waals surface area contributed by atoms with Gasteiger partial charge in [-0.05, 0) is 61.3 Å². The first-order valence-corrected chi connectivity index (χ1v) is 9.36. The van der Waals surface area contributed by atoms with Crippen molar-refractivity contribution >= 4 is 0 Å². The minimum atomic E-state index is 0.376. The normalized spacial score (nSPS) is 19.0. The summed E-state index contributed by atoms with van der Waals surface area (Å²) in [6, 6.07) is 7.00. The lowest BCUT2D eigenvalue weighted by atomic mass is 9.85. The van der Waals surface area contributed by atoms with Gasteiger partial charge in [0.15, 0.2) is 0 Å². The van der Waals surface area contributed by atoms with E-state index in [0.29, 0.717) is 12.0 Å². The minimum absolute atomic E-state index is 0.376. The van der Waals surface area contributed by atoms with E-state index in [1.165, 1.54) is 36.0 Å². The molecular formula is C21H33NO. The van der Waals surface area contributed by atoms with Crippen molar-refractivity contribution < 1.29 is 4.74 Å². The predicted molar refractivity (Wildman–Crippen MR) is 99.0 cm³/mol. The Morgan fingerprint density at radius 2 is 2.09 bits per heavy atom. The highest BCUT2D eigenvalue weighted by Gasteiger charge is 2.20. The van der Waals surface area contributed by atoms with Crippen molar-refractivity contribution in [1.29, 1.82) is 0 Å². The maximum Gasteiger partial charge on any atom is 0.0651 e. The number of hydrogen-bond acceptors (Lipinski definition) is 2. The number of fused-ring (bicyclic) bond motifs is 1. The SMILES string of the molecule is CCC/C=C/COC1CCc2cc(C(CN)CCC)ccc2C1. The smallest absolute Gasteiger partial charge is 0.0651 e. The molecule has 2 rings (SSSR count). The summed E-state index contributed by atoms with van der Waals surface area (Å²) in [6.07, 6.45) is 12.8. The van der Waals surface area contributed by atoms with Crippen LogP contribution in [0, 0.1) is 0 Å². The highest BCUT2D eigenvalue weighted by Crippen LogP contribution is 2.28. The fourth-order valence-electron chi connectivity index (χ4n) is 3.45. The molecule has 0 bridgehead atoms. The summed E-state index contributed by atoms with van der Waals surface area (Å²) in [5.41, 5.74) is 10.4. The van der Waals surface area contributed by atoms with Crippen LogP contribution in [0.5, 0.6) is 0 Å². The molecule has 1 aromatic carbocycles. The Balaban J connectivity index is 1.92. The van der Waals surface area contributed by atoms with E-state index in [4.69, 9.17) is 10.5 Å². The molecule has 2 nitrogen and oxygen atoms in total. The zero-order valence-corrected chi connectivity index (χ0v) is 14.9. The molecule has 1 aliphatic carbocycles. The van der Waals surface area contributed by atoms with Gasteiger partial charge in [-0.25, -0.2) is 0 Å². The maximum atomic E-state index is 6.02. The molecule has 0 radical (unpaired) electrons. The lowest BCUT2D eigenvalue weighted by Gasteiger charge is -2.26. The monoisotopic (exact) mass is 315 g/mol. The van der Waals surface area contributed by atoms with Crippen molar-refractivity contribution in [3.63, 3.8) is 0 Å². The van der Waals surface area contributed by atoms with Crippen LogP contribution in [0.1, 0.15) is 68.6 Å². The molecule has 0 spiro atoms. The molecule has 0 aliphatic heterocycles. The van der Waals surface area contributed by atoms with Gasteiger partial charge in [0.1, 0.15) is 0 Å². The third-order valence-electron chi connectivity index (χ3n) is 4.86. The molecule has 2 N–H and O–H groups in total. The van der Waals surface area contributed by atoms with E-state index in [1.54, 1.807) is 0 Å². The molecule has 2 unspecified atom stereocenters. The maximum absolute atomic E-state index is 6.02. The quantitative estimate of drug-likeness (QED) is 0.667. The molecule has 23 heavy (non-hydrogen) atoms. The zero-order valence-electron chi connectivity index (χ0n) is 14.9. The van der Waals surface area contributed by atoms with E-state index in [1.807, 2.05) is 0 Å². The van der Waals surface area contributed by atoms with Gasteiger partial charge in [0, 0.05) is 0 Å². The van der Waals surface area contributed by atoms with Crippen LogP contribution in [0.2, 0.25) is 0 Å². The largest absolute Gasteiger partial charge is 0.374 e. The van der Waals surface area contributed by atoms with Crippen LogP contribution in [0.25, 0.3) is 0 Å². The third kappa shape index (κ3) is 5.47. The van der Waals surface area contributed by atoms with Gasteiger partial charge in [0.25, 0.3) is 0 Å². The third-order valence-corrected chi connectivity index (χ3v) is 4.86. The van der Waals surface area contributed by atoms with E-state index in [9.17, 15) is 0 Å². The molecule has 0 heterocycles. The Kier molecular flexibility index (Phi) is 7.84. The minimum Gasteiger partial charge on any atom is -0.374 e. The second kappa shape index (κ2) is 9.89. The summed E-state index contributed by atoms with van der Waals surface area (Å²) >= 11 is 0. The number of rotatable bonds is 9. The van der Waals surface area contributed by atoms with Crippen molar-refractivity contribution in [3.8, 4) is 0 Å². The summed E-state index contributed by atoms with van der Waals surface area (Å²) in [5.74, 6) is 0.517. The molecule has 1 aliphatic rings. The second-order valence-corrected chi connectivity index (χ2v) is 6.71. The standard InChI is InChI=1S/C21H33NO/c1-3-5-6-7-13-23-21-12-11-17-14-18(9-10-19(17)15-21)20(16-22)8-4-2/h6-7,9-10,14,20-21H,3-5,8,11-13,15-16,22H2,1-2H3/b7-6+. The van der Waals surface area contributed by atoms with Gasteiger partial charge in [-0.1, -0.05) is 57.0 Å². The Morgan fingerprint density at radius 3 is 2.83 bits per heavy atom. The first-order chi connectivity index (χ1) is 11.3. The molecule has 0 aromatic heterocycles. The fraction of sp³-hybridized carbons (Fsp3) is 0.619. The van der Waals surface area contributed by atoms with Crippen LogP contribution in [0.15, 0.2) is 30.4 Å². The Morgan fingerprint density at radius 1 is 1.22 bits per heavy atom. The number of benzene rings is 1. The first kappa shape index (κ1) is 18.2. The van der Waals surface area contributed by atoms with Crippen LogP contribution in [0.4, 0.5) is 0 Å². The van der Waals surface area contributed by atoms with E-state index in [2.05, 4.69) is 44.2 Å². The number of hydrogen-bond donors (Lipinski definition) is 1. The Bertz CT molecular complexity index is 495. The number of allylic oxidation sites excluding steroid dienone is 1. The highest BCUT2D eigenvalue weighted by molar-refractivity contribution is 5.36. The van der Waals surface area contributed by atoms with Crippen LogP contribution in [-0.4, -0.2) is 19.3 Å². The van der Waals surface area contributed by atoms with Gasteiger partial charge in [0.05, 0.1) is 12.7 Å². The molecule has 128 valence electrons. The summed E-state index contributed by atoms with van der Waals surface area (Å²) in [4.78, 5) is 0. The summed E-state index contributed by atoms with van der Waals surface area (Å²) in [6.45, 7) is 5.94. The van der Waals surface area contributed by atoms with E-state index in [0.717, 1.165) is 38.8 Å². The molecule has 2 atom stereocenters. The summed E-state index contributed by atoms with van der Waals surface area (Å²) in [5, 5.41) is 0. The topological polar surface area (TPSA) is 35.2 Å². The van der Waals surface area contributed by atoms with Gasteiger partial charge in [-0.2, -0.15) is 0 Å².